The fraction of sp³-hybridized carbons (Fsp3) is 0.429. The van der Waals surface area contributed by atoms with Crippen molar-refractivity contribution in [1.82, 2.24) is 10.2 Å². The van der Waals surface area contributed by atoms with E-state index in [0.717, 1.165) is 35.3 Å². The summed E-state index contributed by atoms with van der Waals surface area (Å²) >= 11 is 1.59. The number of thiophene rings is 1. The fourth-order valence-electron chi connectivity index (χ4n) is 3.89. The maximum absolute atomic E-state index is 12.7. The molecule has 5 heteroatoms. The van der Waals surface area contributed by atoms with Crippen LogP contribution >= 0.6 is 11.3 Å². The Hall–Kier alpha value is -2.14. The van der Waals surface area contributed by atoms with Crippen molar-refractivity contribution in [2.24, 2.45) is 0 Å². The summed E-state index contributed by atoms with van der Waals surface area (Å²) in [5.41, 5.74) is 1.85. The molecule has 1 saturated carbocycles. The van der Waals surface area contributed by atoms with Crippen molar-refractivity contribution >= 4 is 23.2 Å². The molecule has 0 atom stereocenters. The standard InChI is InChI=1S/C21H24N2O2S/c24-20(22-17-9-5-2-6-10-17)19-13-16-14-23(12-11-18(16)26-19)21(25)15-7-3-1-4-8-15/h1,3-4,7-8,13,17H,2,5-6,9-12,14H2,(H,22,24). The third-order valence-electron chi connectivity index (χ3n) is 5.34. The van der Waals surface area contributed by atoms with Crippen LogP contribution in [0.1, 0.15) is 62.6 Å². The van der Waals surface area contributed by atoms with Gasteiger partial charge in [0.15, 0.2) is 0 Å². The lowest BCUT2D eigenvalue weighted by molar-refractivity contribution is 0.0736. The Balaban J connectivity index is 1.43. The number of fused-ring (bicyclic) bond motifs is 1. The largest absolute Gasteiger partial charge is 0.349 e. The monoisotopic (exact) mass is 368 g/mol. The molecule has 26 heavy (non-hydrogen) atoms. The molecule has 1 aromatic heterocycles. The number of carbonyl (C=O) groups excluding carboxylic acids is 2. The zero-order chi connectivity index (χ0) is 17.9. The van der Waals surface area contributed by atoms with E-state index >= 15 is 0 Å². The van der Waals surface area contributed by atoms with Crippen LogP contribution in [-0.4, -0.2) is 29.3 Å². The molecule has 2 aromatic rings. The minimum atomic E-state index is 0.0530. The highest BCUT2D eigenvalue weighted by atomic mass is 32.1. The molecule has 4 rings (SSSR count). The second-order valence-corrected chi connectivity index (χ2v) is 8.35. The summed E-state index contributed by atoms with van der Waals surface area (Å²) in [7, 11) is 0. The smallest absolute Gasteiger partial charge is 0.261 e. The van der Waals surface area contributed by atoms with E-state index in [9.17, 15) is 9.59 Å². The molecule has 2 heterocycles. The molecule has 0 saturated heterocycles. The Kier molecular flexibility index (Phi) is 5.07. The molecule has 0 bridgehead atoms. The summed E-state index contributed by atoms with van der Waals surface area (Å²) in [6.45, 7) is 1.31. The first-order valence-electron chi connectivity index (χ1n) is 9.47. The Morgan fingerprint density at radius 3 is 2.62 bits per heavy atom. The van der Waals surface area contributed by atoms with E-state index < -0.39 is 0 Å². The molecule has 136 valence electrons. The number of carbonyl (C=O) groups is 2. The highest BCUT2D eigenvalue weighted by Crippen LogP contribution is 2.29. The molecule has 0 spiro atoms. The van der Waals surface area contributed by atoms with Gasteiger partial charge < -0.3 is 10.2 Å². The number of amides is 2. The van der Waals surface area contributed by atoms with Gasteiger partial charge in [-0.25, -0.2) is 0 Å². The van der Waals surface area contributed by atoms with Crippen molar-refractivity contribution in [1.29, 1.82) is 0 Å². The predicted molar refractivity (Wildman–Crippen MR) is 104 cm³/mol. The van der Waals surface area contributed by atoms with Gasteiger partial charge in [-0.2, -0.15) is 0 Å². The number of rotatable bonds is 3. The maximum Gasteiger partial charge on any atom is 0.261 e. The van der Waals surface area contributed by atoms with Gasteiger partial charge in [0.25, 0.3) is 11.8 Å². The number of benzene rings is 1. The zero-order valence-electron chi connectivity index (χ0n) is 14.9. The quantitative estimate of drug-likeness (QED) is 0.890. The molecule has 0 radical (unpaired) electrons. The average Bonchev–Trinajstić information content (AvgIpc) is 3.12. The van der Waals surface area contributed by atoms with E-state index in [1.165, 1.54) is 24.1 Å². The fourth-order valence-corrected chi connectivity index (χ4v) is 4.95. The molecule has 1 aliphatic carbocycles. The van der Waals surface area contributed by atoms with Crippen LogP contribution in [0.4, 0.5) is 0 Å². The van der Waals surface area contributed by atoms with Crippen LogP contribution in [-0.2, 0) is 13.0 Å². The summed E-state index contributed by atoms with van der Waals surface area (Å²) in [5.74, 6) is 0.118. The third-order valence-corrected chi connectivity index (χ3v) is 6.57. The summed E-state index contributed by atoms with van der Waals surface area (Å²) in [6, 6.07) is 11.7. The van der Waals surface area contributed by atoms with Gasteiger partial charge in [0, 0.05) is 29.6 Å². The first-order valence-corrected chi connectivity index (χ1v) is 10.3. The van der Waals surface area contributed by atoms with Gasteiger partial charge in [0.1, 0.15) is 0 Å². The van der Waals surface area contributed by atoms with Gasteiger partial charge >= 0.3 is 0 Å². The number of nitrogens with zero attached hydrogens (tertiary/aromatic N) is 1. The molecular formula is C21H24N2O2S. The van der Waals surface area contributed by atoms with Crippen molar-refractivity contribution in [2.75, 3.05) is 6.54 Å². The number of hydrogen-bond donors (Lipinski definition) is 1. The molecule has 1 fully saturated rings. The minimum Gasteiger partial charge on any atom is -0.349 e. The van der Waals surface area contributed by atoms with Crippen LogP contribution in [0, 0.1) is 0 Å². The van der Waals surface area contributed by atoms with Crippen LogP contribution in [0.25, 0.3) is 0 Å². The van der Waals surface area contributed by atoms with E-state index in [1.54, 1.807) is 11.3 Å². The van der Waals surface area contributed by atoms with Crippen molar-refractivity contribution < 1.29 is 9.59 Å². The van der Waals surface area contributed by atoms with E-state index in [-0.39, 0.29) is 11.8 Å². The van der Waals surface area contributed by atoms with Crippen molar-refractivity contribution in [3.63, 3.8) is 0 Å². The second kappa shape index (κ2) is 7.62. The maximum atomic E-state index is 12.7. The van der Waals surface area contributed by atoms with Crippen LogP contribution in [0.2, 0.25) is 0 Å². The Morgan fingerprint density at radius 1 is 1.08 bits per heavy atom. The Labute approximate surface area is 158 Å². The van der Waals surface area contributed by atoms with Crippen LogP contribution in [0.3, 0.4) is 0 Å². The van der Waals surface area contributed by atoms with Gasteiger partial charge in [-0.3, -0.25) is 9.59 Å². The second-order valence-electron chi connectivity index (χ2n) is 7.21. The number of hydrogen-bond acceptors (Lipinski definition) is 3. The lowest BCUT2D eigenvalue weighted by atomic mass is 9.95. The highest BCUT2D eigenvalue weighted by Gasteiger charge is 2.26. The van der Waals surface area contributed by atoms with Crippen molar-refractivity contribution in [3.05, 3.63) is 57.3 Å². The highest BCUT2D eigenvalue weighted by molar-refractivity contribution is 7.14. The molecule has 2 aliphatic rings. The van der Waals surface area contributed by atoms with Crippen LogP contribution < -0.4 is 5.32 Å². The predicted octanol–water partition coefficient (Wildman–Crippen LogP) is 4.01. The average molecular weight is 369 g/mol. The lowest BCUT2D eigenvalue weighted by Gasteiger charge is -2.27. The normalized spacial score (nSPS) is 17.6. The molecule has 4 nitrogen and oxygen atoms in total. The van der Waals surface area contributed by atoms with E-state index in [0.29, 0.717) is 19.1 Å². The zero-order valence-corrected chi connectivity index (χ0v) is 15.7. The first kappa shape index (κ1) is 17.3. The van der Waals surface area contributed by atoms with Gasteiger partial charge in [-0.15, -0.1) is 11.3 Å². The summed E-state index contributed by atoms with van der Waals surface area (Å²) in [4.78, 5) is 29.2. The molecule has 0 unspecified atom stereocenters. The van der Waals surface area contributed by atoms with E-state index in [2.05, 4.69) is 5.32 Å². The lowest BCUT2D eigenvalue weighted by Crippen LogP contribution is -2.35. The van der Waals surface area contributed by atoms with Crippen molar-refractivity contribution in [2.45, 2.75) is 51.1 Å². The van der Waals surface area contributed by atoms with Crippen molar-refractivity contribution in [3.8, 4) is 0 Å². The Bertz CT molecular complexity index is 794. The van der Waals surface area contributed by atoms with E-state index in [1.807, 2.05) is 41.3 Å². The molecule has 1 aliphatic heterocycles. The third kappa shape index (κ3) is 3.68. The molecule has 1 N–H and O–H groups in total. The van der Waals surface area contributed by atoms with Crippen LogP contribution in [0.5, 0.6) is 0 Å². The Morgan fingerprint density at radius 2 is 1.85 bits per heavy atom. The van der Waals surface area contributed by atoms with E-state index in [4.69, 9.17) is 0 Å². The van der Waals surface area contributed by atoms with Gasteiger partial charge in [0.2, 0.25) is 0 Å². The molecule has 1 aromatic carbocycles. The number of nitrogens with one attached hydrogen (secondary N) is 1. The molecule has 2 amide bonds. The van der Waals surface area contributed by atoms with Gasteiger partial charge in [-0.1, -0.05) is 37.5 Å². The summed E-state index contributed by atoms with van der Waals surface area (Å²) < 4.78 is 0. The topological polar surface area (TPSA) is 49.4 Å². The SMILES string of the molecule is O=C(NC1CCCCC1)c1cc2c(s1)CCN(C(=O)c1ccccc1)C2. The first-order chi connectivity index (χ1) is 12.7. The molecular weight excluding hydrogens is 344 g/mol. The minimum absolute atomic E-state index is 0.0530. The summed E-state index contributed by atoms with van der Waals surface area (Å²) in [6.07, 6.45) is 6.72. The van der Waals surface area contributed by atoms with Gasteiger partial charge in [0.05, 0.1) is 4.88 Å². The van der Waals surface area contributed by atoms with Crippen LogP contribution in [0.15, 0.2) is 36.4 Å². The van der Waals surface area contributed by atoms with Gasteiger partial charge in [-0.05, 0) is 43.0 Å². The summed E-state index contributed by atoms with van der Waals surface area (Å²) in [5, 5.41) is 3.20.